The number of hydrogen-bond acceptors (Lipinski definition) is 4. The fourth-order valence-corrected chi connectivity index (χ4v) is 2.37. The number of fused-ring (bicyclic) bond motifs is 1. The predicted molar refractivity (Wildman–Crippen MR) is 88.1 cm³/mol. The first-order valence-corrected chi connectivity index (χ1v) is 8.23. The number of amides is 1. The lowest BCUT2D eigenvalue weighted by Crippen LogP contribution is -2.21. The topological polar surface area (TPSA) is 64.2 Å². The van der Waals surface area contributed by atoms with Gasteiger partial charge in [0.05, 0.1) is 29.4 Å². The highest BCUT2D eigenvalue weighted by Gasteiger charge is 2.12. The van der Waals surface area contributed by atoms with E-state index in [-0.39, 0.29) is 11.2 Å². The molecule has 3 aromatic heterocycles. The average molecular weight is 315 g/mol. The molecule has 1 N–H and O–H groups in total. The Kier molecular flexibility index (Phi) is 4.15. The minimum Gasteiger partial charge on any atom is -0.322 e. The van der Waals surface area contributed by atoms with E-state index in [9.17, 15) is 4.79 Å². The largest absolute Gasteiger partial charge is 0.322 e. The summed E-state index contributed by atoms with van der Waals surface area (Å²) in [6, 6.07) is 5.88. The fourth-order valence-electron chi connectivity index (χ4n) is 2.09. The van der Waals surface area contributed by atoms with Crippen molar-refractivity contribution in [3.8, 4) is 0 Å². The molecule has 114 valence electrons. The zero-order chi connectivity index (χ0) is 15.5. The lowest BCUT2D eigenvalue weighted by Gasteiger charge is -2.07. The van der Waals surface area contributed by atoms with E-state index in [4.69, 9.17) is 0 Å². The van der Waals surface area contributed by atoms with Crippen LogP contribution in [0.2, 0.25) is 0 Å². The molecule has 0 saturated heterocycles. The van der Waals surface area contributed by atoms with E-state index in [0.717, 1.165) is 11.3 Å². The van der Waals surface area contributed by atoms with Gasteiger partial charge in [-0.3, -0.25) is 9.48 Å². The van der Waals surface area contributed by atoms with Gasteiger partial charge in [-0.1, -0.05) is 6.07 Å². The summed E-state index contributed by atoms with van der Waals surface area (Å²) in [4.78, 5) is 16.4. The molecule has 22 heavy (non-hydrogen) atoms. The molecule has 0 fully saturated rings. The number of carbonyl (C=O) groups is 1. The maximum Gasteiger partial charge on any atom is 0.237 e. The zero-order valence-corrected chi connectivity index (χ0v) is 13.2. The quantitative estimate of drug-likeness (QED) is 0.784. The van der Waals surface area contributed by atoms with Gasteiger partial charge in [0, 0.05) is 18.6 Å². The van der Waals surface area contributed by atoms with E-state index in [1.807, 2.05) is 54.4 Å². The second-order valence-corrected chi connectivity index (χ2v) is 6.17. The number of thioether (sulfide) groups is 1. The van der Waals surface area contributed by atoms with Crippen LogP contribution in [0.5, 0.6) is 0 Å². The van der Waals surface area contributed by atoms with E-state index < -0.39 is 0 Å². The van der Waals surface area contributed by atoms with Gasteiger partial charge >= 0.3 is 0 Å². The number of anilines is 1. The molecular weight excluding hydrogens is 298 g/mol. The normalized spacial score (nSPS) is 12.5. The Balaban J connectivity index is 1.70. The SMILES string of the molecule is CS[C@@H](C)C(=O)Nc1cnn(Cc2cn3ccccc3n2)c1. The second-order valence-electron chi connectivity index (χ2n) is 4.99. The molecule has 3 rings (SSSR count). The molecular formula is C15H17N5OS. The van der Waals surface area contributed by atoms with E-state index in [0.29, 0.717) is 12.2 Å². The van der Waals surface area contributed by atoms with Crippen LogP contribution < -0.4 is 5.32 Å². The number of nitrogens with one attached hydrogen (secondary N) is 1. The molecule has 1 amide bonds. The summed E-state index contributed by atoms with van der Waals surface area (Å²) in [5.41, 5.74) is 2.53. The van der Waals surface area contributed by atoms with Crippen molar-refractivity contribution >= 4 is 29.0 Å². The first-order chi connectivity index (χ1) is 10.7. The molecule has 3 heterocycles. The summed E-state index contributed by atoms with van der Waals surface area (Å²) in [6.45, 7) is 2.44. The van der Waals surface area contributed by atoms with E-state index in [1.165, 1.54) is 11.8 Å². The second kappa shape index (κ2) is 6.23. The lowest BCUT2D eigenvalue weighted by atomic mass is 10.4. The minimum absolute atomic E-state index is 0.0141. The van der Waals surface area contributed by atoms with Gasteiger partial charge in [-0.05, 0) is 25.3 Å². The highest BCUT2D eigenvalue weighted by molar-refractivity contribution is 7.99. The highest BCUT2D eigenvalue weighted by Crippen LogP contribution is 2.12. The van der Waals surface area contributed by atoms with Crippen molar-refractivity contribution in [3.63, 3.8) is 0 Å². The van der Waals surface area contributed by atoms with Gasteiger partial charge in [-0.2, -0.15) is 16.9 Å². The monoisotopic (exact) mass is 315 g/mol. The fraction of sp³-hybridized carbons (Fsp3) is 0.267. The zero-order valence-electron chi connectivity index (χ0n) is 12.4. The molecule has 1 atom stereocenters. The Morgan fingerprint density at radius 3 is 3.05 bits per heavy atom. The highest BCUT2D eigenvalue weighted by atomic mass is 32.2. The molecule has 0 aliphatic carbocycles. The minimum atomic E-state index is -0.0817. The Bertz CT molecular complexity index is 761. The average Bonchev–Trinajstić information content (AvgIpc) is 3.12. The first kappa shape index (κ1) is 14.6. The molecule has 3 aromatic rings. The van der Waals surface area contributed by atoms with Crippen molar-refractivity contribution in [1.29, 1.82) is 0 Å². The van der Waals surface area contributed by atoms with Crippen molar-refractivity contribution in [2.45, 2.75) is 18.7 Å². The van der Waals surface area contributed by atoms with Crippen molar-refractivity contribution in [1.82, 2.24) is 19.2 Å². The Morgan fingerprint density at radius 2 is 2.27 bits per heavy atom. The maximum absolute atomic E-state index is 11.8. The van der Waals surface area contributed by atoms with Crippen LogP contribution in [0.1, 0.15) is 12.6 Å². The van der Waals surface area contributed by atoms with Crippen molar-refractivity contribution in [2.75, 3.05) is 11.6 Å². The third-order valence-electron chi connectivity index (χ3n) is 3.36. The number of nitrogens with zero attached hydrogens (tertiary/aromatic N) is 4. The summed E-state index contributed by atoms with van der Waals surface area (Å²) in [5.74, 6) is -0.0141. The van der Waals surface area contributed by atoms with Crippen molar-refractivity contribution in [2.24, 2.45) is 0 Å². The summed E-state index contributed by atoms with van der Waals surface area (Å²) < 4.78 is 3.74. The van der Waals surface area contributed by atoms with E-state index in [2.05, 4.69) is 15.4 Å². The number of pyridine rings is 1. The van der Waals surface area contributed by atoms with E-state index >= 15 is 0 Å². The van der Waals surface area contributed by atoms with Crippen LogP contribution in [0.15, 0.2) is 43.0 Å². The Labute approximate surface area is 132 Å². The molecule has 0 bridgehead atoms. The summed E-state index contributed by atoms with van der Waals surface area (Å²) in [7, 11) is 0. The Hall–Kier alpha value is -2.28. The number of aromatic nitrogens is 4. The van der Waals surface area contributed by atoms with Gasteiger partial charge in [0.2, 0.25) is 5.91 Å². The number of rotatable bonds is 5. The molecule has 0 radical (unpaired) electrons. The van der Waals surface area contributed by atoms with Crippen LogP contribution in [-0.2, 0) is 11.3 Å². The summed E-state index contributed by atoms with van der Waals surface area (Å²) in [5, 5.41) is 7.04. The molecule has 6 nitrogen and oxygen atoms in total. The molecule has 0 saturated carbocycles. The van der Waals surface area contributed by atoms with Crippen LogP contribution in [0, 0.1) is 0 Å². The van der Waals surface area contributed by atoms with Crippen LogP contribution in [0.4, 0.5) is 5.69 Å². The lowest BCUT2D eigenvalue weighted by molar-refractivity contribution is -0.115. The maximum atomic E-state index is 11.8. The van der Waals surface area contributed by atoms with Gasteiger partial charge in [-0.25, -0.2) is 4.98 Å². The number of carbonyl (C=O) groups excluding carboxylic acids is 1. The molecule has 0 spiro atoms. The first-order valence-electron chi connectivity index (χ1n) is 6.94. The molecule has 7 heteroatoms. The predicted octanol–water partition coefficient (Wildman–Crippen LogP) is 2.27. The van der Waals surface area contributed by atoms with Gasteiger partial charge in [-0.15, -0.1) is 0 Å². The third-order valence-corrected chi connectivity index (χ3v) is 4.28. The Morgan fingerprint density at radius 1 is 1.41 bits per heavy atom. The van der Waals surface area contributed by atoms with Gasteiger partial charge < -0.3 is 9.72 Å². The van der Waals surface area contributed by atoms with Gasteiger partial charge in [0.1, 0.15) is 5.65 Å². The van der Waals surface area contributed by atoms with Crippen LogP contribution in [0.3, 0.4) is 0 Å². The summed E-state index contributed by atoms with van der Waals surface area (Å²) >= 11 is 1.51. The number of hydrogen-bond donors (Lipinski definition) is 1. The smallest absolute Gasteiger partial charge is 0.237 e. The number of imidazole rings is 1. The van der Waals surface area contributed by atoms with Crippen LogP contribution in [-0.4, -0.2) is 36.6 Å². The van der Waals surface area contributed by atoms with Crippen LogP contribution in [0.25, 0.3) is 5.65 Å². The molecule has 0 aliphatic rings. The van der Waals surface area contributed by atoms with E-state index in [1.54, 1.807) is 10.9 Å². The van der Waals surface area contributed by atoms with Crippen molar-refractivity contribution < 1.29 is 4.79 Å². The third kappa shape index (κ3) is 3.14. The summed E-state index contributed by atoms with van der Waals surface area (Å²) in [6.07, 6.45) is 9.32. The molecule has 0 aliphatic heterocycles. The van der Waals surface area contributed by atoms with Crippen molar-refractivity contribution in [3.05, 3.63) is 48.7 Å². The molecule has 0 unspecified atom stereocenters. The molecule has 0 aromatic carbocycles. The van der Waals surface area contributed by atoms with Crippen LogP contribution >= 0.6 is 11.8 Å². The standard InChI is InChI=1S/C15H17N5OS/c1-11(22-2)15(21)18-12-7-16-20(9-12)10-13-8-19-6-4-3-5-14(19)17-13/h3-9,11H,10H2,1-2H3,(H,18,21)/t11-/m0/s1. The van der Waals surface area contributed by atoms with Gasteiger partial charge in [0.15, 0.2) is 0 Å². The van der Waals surface area contributed by atoms with Gasteiger partial charge in [0.25, 0.3) is 0 Å².